The van der Waals surface area contributed by atoms with E-state index in [2.05, 4.69) is 16.7 Å². The molecule has 0 unspecified atom stereocenters. The van der Waals surface area contributed by atoms with Gasteiger partial charge in [-0.05, 0) is 58.1 Å². The third kappa shape index (κ3) is 4.76. The van der Waals surface area contributed by atoms with Gasteiger partial charge in [0.05, 0.1) is 4.90 Å². The molecule has 1 aromatic rings. The van der Waals surface area contributed by atoms with Crippen molar-refractivity contribution >= 4 is 15.9 Å². The van der Waals surface area contributed by atoms with Crippen LogP contribution in [0.25, 0.3) is 0 Å². The molecule has 1 aliphatic rings. The fourth-order valence-electron chi connectivity index (χ4n) is 2.59. The highest BCUT2D eigenvalue weighted by molar-refractivity contribution is 7.89. The Morgan fingerprint density at radius 3 is 2.35 bits per heavy atom. The highest BCUT2D eigenvalue weighted by Crippen LogP contribution is 2.14. The molecule has 1 N–H and O–H groups in total. The molecule has 1 fully saturated rings. The maximum Gasteiger partial charge on any atom is 0.253 e. The van der Waals surface area contributed by atoms with Crippen LogP contribution in [0.1, 0.15) is 30.6 Å². The maximum absolute atomic E-state index is 12.5. The third-order valence-electron chi connectivity index (χ3n) is 3.81. The molecule has 0 atom stereocenters. The van der Waals surface area contributed by atoms with Gasteiger partial charge in [-0.15, -0.1) is 0 Å². The first-order valence-corrected chi connectivity index (χ1v) is 9.38. The Kier molecular flexibility index (Phi) is 5.78. The van der Waals surface area contributed by atoms with Crippen molar-refractivity contribution in [1.29, 1.82) is 0 Å². The summed E-state index contributed by atoms with van der Waals surface area (Å²) in [6.45, 7) is 6.82. The van der Waals surface area contributed by atoms with E-state index in [1.807, 2.05) is 4.90 Å². The lowest BCUT2D eigenvalue weighted by Gasteiger charge is -2.20. The fourth-order valence-corrected chi connectivity index (χ4v) is 3.84. The number of amides is 1. The third-order valence-corrected chi connectivity index (χ3v) is 5.48. The maximum atomic E-state index is 12.5. The second kappa shape index (κ2) is 7.42. The molecule has 1 aromatic carbocycles. The molecule has 0 aliphatic carbocycles. The molecule has 0 bridgehead atoms. The summed E-state index contributed by atoms with van der Waals surface area (Å²) < 4.78 is 26.7. The summed E-state index contributed by atoms with van der Waals surface area (Å²) in [5.74, 6) is -0.0407. The van der Waals surface area contributed by atoms with Crippen molar-refractivity contribution in [2.24, 2.45) is 0 Å². The van der Waals surface area contributed by atoms with Gasteiger partial charge < -0.3 is 9.80 Å². The minimum atomic E-state index is -3.52. The average Bonchev–Trinajstić information content (AvgIpc) is 2.70. The van der Waals surface area contributed by atoms with Gasteiger partial charge in [-0.2, -0.15) is 0 Å². The molecule has 1 saturated heterocycles. The Hall–Kier alpha value is -1.44. The number of carbonyl (C=O) groups excluding carboxylic acids is 1. The van der Waals surface area contributed by atoms with Crippen molar-refractivity contribution in [2.75, 3.05) is 33.2 Å². The molecule has 0 aromatic heterocycles. The number of nitrogens with zero attached hydrogens (tertiary/aromatic N) is 2. The standard InChI is InChI=1S/C16H25N3O3S/c1-13(2)17-23(21,22)15-7-5-14(6-8-15)16(20)19-10-4-9-18(3)11-12-19/h5-8,13,17H,4,9-12H2,1-3H3. The molecule has 23 heavy (non-hydrogen) atoms. The Morgan fingerprint density at radius 2 is 1.74 bits per heavy atom. The summed E-state index contributed by atoms with van der Waals surface area (Å²) >= 11 is 0. The molecule has 0 radical (unpaired) electrons. The van der Waals surface area contributed by atoms with Gasteiger partial charge in [0.15, 0.2) is 0 Å². The quantitative estimate of drug-likeness (QED) is 0.893. The first kappa shape index (κ1) is 17.9. The van der Waals surface area contributed by atoms with Crippen molar-refractivity contribution in [3.8, 4) is 0 Å². The molecule has 1 aliphatic heterocycles. The molecule has 6 nitrogen and oxygen atoms in total. The van der Waals surface area contributed by atoms with Crippen LogP contribution in [0.3, 0.4) is 0 Å². The van der Waals surface area contributed by atoms with Gasteiger partial charge in [0, 0.05) is 31.2 Å². The average molecular weight is 339 g/mol. The van der Waals surface area contributed by atoms with E-state index >= 15 is 0 Å². The van der Waals surface area contributed by atoms with E-state index in [0.29, 0.717) is 12.1 Å². The Bertz CT molecular complexity index is 641. The summed E-state index contributed by atoms with van der Waals surface area (Å²) in [6.07, 6.45) is 0.951. The number of hydrogen-bond acceptors (Lipinski definition) is 4. The van der Waals surface area contributed by atoms with Gasteiger partial charge >= 0.3 is 0 Å². The summed E-state index contributed by atoms with van der Waals surface area (Å²) in [5, 5.41) is 0. The van der Waals surface area contributed by atoms with Crippen molar-refractivity contribution < 1.29 is 13.2 Å². The molecule has 1 amide bonds. The van der Waals surface area contributed by atoms with Gasteiger partial charge in [0.2, 0.25) is 10.0 Å². The smallest absolute Gasteiger partial charge is 0.253 e. The van der Waals surface area contributed by atoms with E-state index in [0.717, 1.165) is 26.1 Å². The Balaban J connectivity index is 2.11. The molecule has 0 saturated carbocycles. The topological polar surface area (TPSA) is 69.7 Å². The Morgan fingerprint density at radius 1 is 1.09 bits per heavy atom. The molecular formula is C16H25N3O3S. The van der Waals surface area contributed by atoms with Crippen molar-refractivity contribution in [3.05, 3.63) is 29.8 Å². The van der Waals surface area contributed by atoms with E-state index in [1.54, 1.807) is 26.0 Å². The number of hydrogen-bond donors (Lipinski definition) is 1. The lowest BCUT2D eigenvalue weighted by molar-refractivity contribution is 0.0762. The number of rotatable bonds is 4. The second-order valence-corrected chi connectivity index (χ2v) is 7.96. The first-order valence-electron chi connectivity index (χ1n) is 7.90. The lowest BCUT2D eigenvalue weighted by atomic mass is 10.2. The molecule has 2 rings (SSSR count). The fraction of sp³-hybridized carbons (Fsp3) is 0.562. The summed E-state index contributed by atoms with van der Waals surface area (Å²) in [6, 6.07) is 5.98. The van der Waals surface area contributed by atoms with Gasteiger partial charge in [-0.25, -0.2) is 13.1 Å². The first-order chi connectivity index (χ1) is 10.8. The van der Waals surface area contributed by atoms with Gasteiger partial charge in [0.25, 0.3) is 5.91 Å². The summed E-state index contributed by atoms with van der Waals surface area (Å²) in [5.41, 5.74) is 0.526. The van der Waals surface area contributed by atoms with Crippen molar-refractivity contribution in [1.82, 2.24) is 14.5 Å². The largest absolute Gasteiger partial charge is 0.337 e. The van der Waals surface area contributed by atoms with Crippen molar-refractivity contribution in [2.45, 2.75) is 31.2 Å². The zero-order valence-electron chi connectivity index (χ0n) is 13.9. The molecule has 128 valence electrons. The zero-order chi connectivity index (χ0) is 17.0. The van der Waals surface area contributed by atoms with E-state index in [-0.39, 0.29) is 16.8 Å². The van der Waals surface area contributed by atoms with Crippen LogP contribution in [0.5, 0.6) is 0 Å². The minimum Gasteiger partial charge on any atom is -0.337 e. The van der Waals surface area contributed by atoms with Crippen LogP contribution >= 0.6 is 0 Å². The van der Waals surface area contributed by atoms with E-state index in [4.69, 9.17) is 0 Å². The van der Waals surface area contributed by atoms with Crippen LogP contribution in [-0.2, 0) is 10.0 Å². The predicted molar refractivity (Wildman–Crippen MR) is 89.9 cm³/mol. The Labute approximate surface area is 138 Å². The van der Waals surface area contributed by atoms with Crippen molar-refractivity contribution in [3.63, 3.8) is 0 Å². The van der Waals surface area contributed by atoms with Crippen LogP contribution < -0.4 is 4.72 Å². The number of sulfonamides is 1. The monoisotopic (exact) mass is 339 g/mol. The second-order valence-electron chi connectivity index (χ2n) is 6.25. The van der Waals surface area contributed by atoms with Gasteiger partial charge in [0.1, 0.15) is 0 Å². The normalized spacial score (nSPS) is 17.3. The van der Waals surface area contributed by atoms with Crippen LogP contribution in [-0.4, -0.2) is 63.4 Å². The molecular weight excluding hydrogens is 314 g/mol. The highest BCUT2D eigenvalue weighted by atomic mass is 32.2. The van der Waals surface area contributed by atoms with Crippen LogP contribution in [0.2, 0.25) is 0 Å². The van der Waals surface area contributed by atoms with E-state index in [1.165, 1.54) is 12.1 Å². The van der Waals surface area contributed by atoms with E-state index < -0.39 is 10.0 Å². The summed E-state index contributed by atoms with van der Waals surface area (Å²) in [4.78, 5) is 16.8. The number of likely N-dealkylation sites (N-methyl/N-ethyl adjacent to an activating group) is 1. The predicted octanol–water partition coefficient (Wildman–Crippen LogP) is 1.15. The van der Waals surface area contributed by atoms with E-state index in [9.17, 15) is 13.2 Å². The van der Waals surface area contributed by atoms with Gasteiger partial charge in [-0.3, -0.25) is 4.79 Å². The minimum absolute atomic E-state index is 0.0407. The lowest BCUT2D eigenvalue weighted by Crippen LogP contribution is -2.34. The molecule has 1 heterocycles. The zero-order valence-corrected chi connectivity index (χ0v) is 14.8. The van der Waals surface area contributed by atoms with Crippen LogP contribution in [0.15, 0.2) is 29.2 Å². The van der Waals surface area contributed by atoms with Crippen LogP contribution in [0, 0.1) is 0 Å². The SMILES string of the molecule is CC(C)NS(=O)(=O)c1ccc(C(=O)N2CCCN(C)CC2)cc1. The molecule has 7 heteroatoms. The number of nitrogens with one attached hydrogen (secondary N) is 1. The summed E-state index contributed by atoms with van der Waals surface area (Å²) in [7, 11) is -1.47. The van der Waals surface area contributed by atoms with Gasteiger partial charge in [-0.1, -0.05) is 0 Å². The molecule has 0 spiro atoms. The number of carbonyl (C=O) groups is 1. The van der Waals surface area contributed by atoms with Crippen LogP contribution in [0.4, 0.5) is 0 Å². The number of benzene rings is 1. The highest BCUT2D eigenvalue weighted by Gasteiger charge is 2.20.